The van der Waals surface area contributed by atoms with Gasteiger partial charge in [0.2, 0.25) is 0 Å². The van der Waals surface area contributed by atoms with Crippen LogP contribution in [0.25, 0.3) is 0 Å². The molecule has 1 aliphatic carbocycles. The van der Waals surface area contributed by atoms with Gasteiger partial charge in [0.1, 0.15) is 5.76 Å². The van der Waals surface area contributed by atoms with Gasteiger partial charge in [-0.2, -0.15) is 0 Å². The number of aromatic nitrogens is 1. The highest BCUT2D eigenvalue weighted by Crippen LogP contribution is 2.51. The van der Waals surface area contributed by atoms with Crippen LogP contribution in [0.4, 0.5) is 0 Å². The molecule has 7 heteroatoms. The topological polar surface area (TPSA) is 62.5 Å². The monoisotopic (exact) mass is 514 g/mol. The zero-order valence-corrected chi connectivity index (χ0v) is 20.1. The van der Waals surface area contributed by atoms with Gasteiger partial charge in [0, 0.05) is 28.3 Å². The summed E-state index contributed by atoms with van der Waals surface area (Å²) in [5.74, 6) is 1.85. The molecule has 28 heavy (non-hydrogen) atoms. The molecule has 3 rings (SSSR count). The van der Waals surface area contributed by atoms with E-state index in [9.17, 15) is 0 Å². The second-order valence-electron chi connectivity index (χ2n) is 7.13. The van der Waals surface area contributed by atoms with Crippen LogP contribution in [0.2, 0.25) is 0 Å². The number of halogens is 1. The summed E-state index contributed by atoms with van der Waals surface area (Å²) in [5, 5.41) is 10.9. The number of thioether (sulfide) groups is 1. The second kappa shape index (κ2) is 11.1. The average molecular weight is 514 g/mol. The van der Waals surface area contributed by atoms with Crippen molar-refractivity contribution >= 4 is 41.7 Å². The van der Waals surface area contributed by atoms with Gasteiger partial charge in [-0.3, -0.25) is 4.99 Å². The van der Waals surface area contributed by atoms with Crippen molar-refractivity contribution in [3.63, 3.8) is 0 Å². The SMILES string of the molecule is CCNC(=NCC1(Sc2ccccc2)CC1)NCCCc1c(C)noc1C.I. The number of nitrogens with zero attached hydrogens (tertiary/aromatic N) is 2. The summed E-state index contributed by atoms with van der Waals surface area (Å²) in [6.45, 7) is 8.69. The predicted octanol–water partition coefficient (Wildman–Crippen LogP) is 4.72. The van der Waals surface area contributed by atoms with E-state index in [1.165, 1.54) is 23.3 Å². The van der Waals surface area contributed by atoms with Crippen LogP contribution in [-0.2, 0) is 6.42 Å². The molecule has 2 aromatic rings. The molecule has 0 aliphatic heterocycles. The van der Waals surface area contributed by atoms with Crippen LogP contribution in [0.3, 0.4) is 0 Å². The third-order valence-corrected chi connectivity index (χ3v) is 6.31. The summed E-state index contributed by atoms with van der Waals surface area (Å²) in [6, 6.07) is 10.6. The minimum Gasteiger partial charge on any atom is -0.361 e. The minimum atomic E-state index is 0. The van der Waals surface area contributed by atoms with Crippen molar-refractivity contribution in [2.24, 2.45) is 4.99 Å². The summed E-state index contributed by atoms with van der Waals surface area (Å²) >= 11 is 1.97. The third kappa shape index (κ3) is 6.69. The molecule has 1 saturated carbocycles. The van der Waals surface area contributed by atoms with Crippen molar-refractivity contribution in [1.29, 1.82) is 0 Å². The molecule has 0 atom stereocenters. The minimum absolute atomic E-state index is 0. The van der Waals surface area contributed by atoms with E-state index in [1.54, 1.807) is 0 Å². The summed E-state index contributed by atoms with van der Waals surface area (Å²) < 4.78 is 5.51. The summed E-state index contributed by atoms with van der Waals surface area (Å²) in [4.78, 5) is 6.19. The number of hydrogen-bond donors (Lipinski definition) is 2. The van der Waals surface area contributed by atoms with Gasteiger partial charge in [-0.15, -0.1) is 35.7 Å². The molecule has 1 aromatic heterocycles. The standard InChI is InChI=1S/C21H30N4OS.HI/c1-4-22-20(23-14-8-11-19-16(2)25-26-17(19)3)24-15-21(12-13-21)27-18-9-6-5-7-10-18;/h5-7,9-10H,4,8,11-15H2,1-3H3,(H2,22,23,24);1H. The van der Waals surface area contributed by atoms with Crippen LogP contribution in [-0.4, -0.2) is 35.5 Å². The number of aliphatic imine (C=N–C) groups is 1. The molecule has 1 aromatic carbocycles. The molecule has 1 aliphatic rings. The second-order valence-corrected chi connectivity index (χ2v) is 8.67. The molecule has 1 fully saturated rings. The molecular weight excluding hydrogens is 483 g/mol. The van der Waals surface area contributed by atoms with Crippen molar-refractivity contribution < 1.29 is 4.52 Å². The van der Waals surface area contributed by atoms with E-state index in [4.69, 9.17) is 9.52 Å². The fourth-order valence-corrected chi connectivity index (χ4v) is 4.29. The van der Waals surface area contributed by atoms with Crippen molar-refractivity contribution in [1.82, 2.24) is 15.8 Å². The Balaban J connectivity index is 0.00000280. The first-order valence-corrected chi connectivity index (χ1v) is 10.6. The Morgan fingerprint density at radius 1 is 1.21 bits per heavy atom. The number of nitrogens with one attached hydrogen (secondary N) is 2. The quantitative estimate of drug-likeness (QED) is 0.220. The van der Waals surface area contributed by atoms with Gasteiger partial charge < -0.3 is 15.2 Å². The van der Waals surface area contributed by atoms with Crippen molar-refractivity contribution in [2.45, 2.75) is 56.1 Å². The Labute approximate surface area is 189 Å². The highest BCUT2D eigenvalue weighted by molar-refractivity contribution is 14.0. The van der Waals surface area contributed by atoms with E-state index in [1.807, 2.05) is 25.6 Å². The van der Waals surface area contributed by atoms with E-state index in [0.29, 0.717) is 0 Å². The maximum atomic E-state index is 5.23. The molecule has 0 unspecified atom stereocenters. The summed E-state index contributed by atoms with van der Waals surface area (Å²) in [7, 11) is 0. The van der Waals surface area contributed by atoms with Crippen LogP contribution in [0, 0.1) is 13.8 Å². The van der Waals surface area contributed by atoms with E-state index >= 15 is 0 Å². The lowest BCUT2D eigenvalue weighted by Crippen LogP contribution is -2.38. The van der Waals surface area contributed by atoms with Gasteiger partial charge in [0.15, 0.2) is 5.96 Å². The molecule has 0 amide bonds. The molecular formula is C21H31IN4OS. The Morgan fingerprint density at radius 3 is 2.57 bits per heavy atom. The summed E-state index contributed by atoms with van der Waals surface area (Å²) in [6.07, 6.45) is 4.47. The first-order valence-electron chi connectivity index (χ1n) is 9.80. The smallest absolute Gasteiger partial charge is 0.191 e. The lowest BCUT2D eigenvalue weighted by Gasteiger charge is -2.15. The Kier molecular flexibility index (Phi) is 9.14. The zero-order valence-electron chi connectivity index (χ0n) is 17.0. The number of hydrogen-bond acceptors (Lipinski definition) is 4. The van der Waals surface area contributed by atoms with E-state index in [-0.39, 0.29) is 28.7 Å². The fraction of sp³-hybridized carbons (Fsp3) is 0.524. The van der Waals surface area contributed by atoms with Crippen molar-refractivity contribution in [2.75, 3.05) is 19.6 Å². The van der Waals surface area contributed by atoms with Crippen LogP contribution in [0.5, 0.6) is 0 Å². The molecule has 154 valence electrons. The maximum Gasteiger partial charge on any atom is 0.191 e. The zero-order chi connectivity index (χ0) is 19.1. The maximum absolute atomic E-state index is 5.23. The van der Waals surface area contributed by atoms with Gasteiger partial charge in [0.25, 0.3) is 0 Å². The van der Waals surface area contributed by atoms with Crippen LogP contribution < -0.4 is 10.6 Å². The van der Waals surface area contributed by atoms with Crippen LogP contribution >= 0.6 is 35.7 Å². The number of aryl methyl sites for hydroxylation is 2. The lowest BCUT2D eigenvalue weighted by atomic mass is 10.1. The highest BCUT2D eigenvalue weighted by atomic mass is 127. The van der Waals surface area contributed by atoms with Gasteiger partial charge in [0.05, 0.1) is 12.2 Å². The van der Waals surface area contributed by atoms with Crippen molar-refractivity contribution in [3.05, 3.63) is 47.3 Å². The van der Waals surface area contributed by atoms with Gasteiger partial charge in [-0.25, -0.2) is 0 Å². The molecule has 0 radical (unpaired) electrons. The number of rotatable bonds is 9. The average Bonchev–Trinajstić information content (AvgIpc) is 3.36. The summed E-state index contributed by atoms with van der Waals surface area (Å²) in [5.41, 5.74) is 2.23. The van der Waals surface area contributed by atoms with Crippen molar-refractivity contribution in [3.8, 4) is 0 Å². The van der Waals surface area contributed by atoms with Crippen LogP contribution in [0.1, 0.15) is 43.2 Å². The fourth-order valence-electron chi connectivity index (χ4n) is 3.07. The third-order valence-electron chi connectivity index (χ3n) is 4.83. The number of guanidine groups is 1. The van der Waals surface area contributed by atoms with Gasteiger partial charge in [-0.1, -0.05) is 23.4 Å². The molecule has 0 saturated heterocycles. The Hall–Kier alpha value is -1.22. The molecule has 5 nitrogen and oxygen atoms in total. The van der Waals surface area contributed by atoms with Crippen LogP contribution in [0.15, 0.2) is 44.7 Å². The van der Waals surface area contributed by atoms with Gasteiger partial charge in [-0.05, 0) is 58.6 Å². The predicted molar refractivity (Wildman–Crippen MR) is 128 cm³/mol. The first kappa shape index (κ1) is 23.1. The molecule has 1 heterocycles. The largest absolute Gasteiger partial charge is 0.361 e. The lowest BCUT2D eigenvalue weighted by molar-refractivity contribution is 0.392. The molecule has 0 bridgehead atoms. The number of benzene rings is 1. The van der Waals surface area contributed by atoms with E-state index in [2.05, 4.69) is 53.0 Å². The first-order chi connectivity index (χ1) is 13.1. The highest BCUT2D eigenvalue weighted by Gasteiger charge is 2.43. The van der Waals surface area contributed by atoms with Gasteiger partial charge >= 0.3 is 0 Å². The van der Waals surface area contributed by atoms with E-state index < -0.39 is 0 Å². The van der Waals surface area contributed by atoms with E-state index in [0.717, 1.165) is 49.9 Å². The molecule has 0 spiro atoms. The Morgan fingerprint density at radius 2 is 1.96 bits per heavy atom. The Bertz CT molecular complexity index is 740. The normalized spacial score (nSPS) is 15.0. The molecule has 2 N–H and O–H groups in total.